The van der Waals surface area contributed by atoms with E-state index in [1.807, 2.05) is 25.1 Å². The van der Waals surface area contributed by atoms with Crippen LogP contribution in [0.25, 0.3) is 10.9 Å². The van der Waals surface area contributed by atoms with Gasteiger partial charge >= 0.3 is 0 Å². The van der Waals surface area contributed by atoms with E-state index in [1.165, 1.54) is 0 Å². The van der Waals surface area contributed by atoms with Crippen molar-refractivity contribution in [1.82, 2.24) is 9.71 Å². The molecule has 0 saturated carbocycles. The van der Waals surface area contributed by atoms with Crippen LogP contribution in [0.2, 0.25) is 5.02 Å². The SMILES string of the molecule is Cc1ccc2cc(CNS(=O)(=O)Cc3ccccc3Cl)c(=O)[nH]c2c1. The number of hydrogen-bond donors (Lipinski definition) is 2. The van der Waals surface area contributed by atoms with Gasteiger partial charge in [0.05, 0.1) is 5.75 Å². The zero-order chi connectivity index (χ0) is 18.0. The van der Waals surface area contributed by atoms with Crippen LogP contribution in [-0.4, -0.2) is 13.4 Å². The fraction of sp³-hybridized carbons (Fsp3) is 0.167. The summed E-state index contributed by atoms with van der Waals surface area (Å²) < 4.78 is 27.0. The van der Waals surface area contributed by atoms with Crippen LogP contribution in [0.5, 0.6) is 0 Å². The fourth-order valence-electron chi connectivity index (χ4n) is 2.55. The number of halogens is 1. The molecule has 2 N–H and O–H groups in total. The summed E-state index contributed by atoms with van der Waals surface area (Å²) in [5.41, 5.74) is 2.33. The molecule has 0 atom stereocenters. The molecule has 5 nitrogen and oxygen atoms in total. The van der Waals surface area contributed by atoms with Gasteiger partial charge in [-0.2, -0.15) is 0 Å². The number of rotatable bonds is 5. The predicted molar refractivity (Wildman–Crippen MR) is 100 cm³/mol. The van der Waals surface area contributed by atoms with Gasteiger partial charge in [0, 0.05) is 22.6 Å². The van der Waals surface area contributed by atoms with Gasteiger partial charge in [0.15, 0.2) is 0 Å². The minimum Gasteiger partial charge on any atom is -0.322 e. The summed E-state index contributed by atoms with van der Waals surface area (Å²) >= 11 is 6.00. The lowest BCUT2D eigenvalue weighted by atomic mass is 10.1. The van der Waals surface area contributed by atoms with Crippen molar-refractivity contribution in [2.75, 3.05) is 0 Å². The van der Waals surface area contributed by atoms with Crippen molar-refractivity contribution < 1.29 is 8.42 Å². The number of sulfonamides is 1. The van der Waals surface area contributed by atoms with Gasteiger partial charge in [0.1, 0.15) is 0 Å². The number of fused-ring (bicyclic) bond motifs is 1. The summed E-state index contributed by atoms with van der Waals surface area (Å²) in [6, 6.07) is 14.2. The number of aromatic amines is 1. The number of hydrogen-bond acceptors (Lipinski definition) is 3. The summed E-state index contributed by atoms with van der Waals surface area (Å²) in [4.78, 5) is 14.9. The molecule has 3 aromatic rings. The normalized spacial score (nSPS) is 11.8. The molecule has 0 aliphatic heterocycles. The Balaban J connectivity index is 1.80. The Bertz CT molecular complexity index is 1090. The molecule has 0 saturated heterocycles. The second-order valence-electron chi connectivity index (χ2n) is 5.89. The molecule has 7 heteroatoms. The highest BCUT2D eigenvalue weighted by Crippen LogP contribution is 2.17. The number of aryl methyl sites for hydroxylation is 1. The number of aromatic nitrogens is 1. The van der Waals surface area contributed by atoms with Gasteiger partial charge in [-0.15, -0.1) is 0 Å². The van der Waals surface area contributed by atoms with Crippen LogP contribution in [0.1, 0.15) is 16.7 Å². The van der Waals surface area contributed by atoms with Gasteiger partial charge in [-0.3, -0.25) is 4.79 Å². The van der Waals surface area contributed by atoms with Crippen LogP contribution in [0.4, 0.5) is 0 Å². The Morgan fingerprint density at radius 2 is 1.84 bits per heavy atom. The van der Waals surface area contributed by atoms with Crippen molar-refractivity contribution >= 4 is 32.5 Å². The average molecular weight is 377 g/mol. The molecule has 25 heavy (non-hydrogen) atoms. The number of H-pyrrole nitrogens is 1. The quantitative estimate of drug-likeness (QED) is 0.718. The molecule has 0 radical (unpaired) electrons. The molecule has 130 valence electrons. The highest BCUT2D eigenvalue weighted by molar-refractivity contribution is 7.88. The second-order valence-corrected chi connectivity index (χ2v) is 8.10. The monoisotopic (exact) mass is 376 g/mol. The van der Waals surface area contributed by atoms with E-state index in [0.29, 0.717) is 16.1 Å². The lowest BCUT2D eigenvalue weighted by molar-refractivity contribution is 0.580. The molecule has 0 unspecified atom stereocenters. The van der Waals surface area contributed by atoms with Crippen molar-refractivity contribution in [1.29, 1.82) is 0 Å². The van der Waals surface area contributed by atoms with E-state index in [0.717, 1.165) is 16.5 Å². The summed E-state index contributed by atoms with van der Waals surface area (Å²) in [5, 5.41) is 1.25. The Labute approximate surface area is 150 Å². The third-order valence-corrected chi connectivity index (χ3v) is 5.51. The van der Waals surface area contributed by atoms with Gasteiger partial charge in [0.2, 0.25) is 10.0 Å². The van der Waals surface area contributed by atoms with E-state index in [2.05, 4.69) is 9.71 Å². The average Bonchev–Trinajstić information content (AvgIpc) is 2.55. The molecular weight excluding hydrogens is 360 g/mol. The first-order valence-corrected chi connectivity index (χ1v) is 9.70. The molecule has 2 aromatic carbocycles. The van der Waals surface area contributed by atoms with E-state index in [1.54, 1.807) is 30.3 Å². The first-order valence-electron chi connectivity index (χ1n) is 7.67. The topological polar surface area (TPSA) is 79.0 Å². The smallest absolute Gasteiger partial charge is 0.252 e. The van der Waals surface area contributed by atoms with Crippen molar-refractivity contribution in [3.8, 4) is 0 Å². The van der Waals surface area contributed by atoms with E-state index < -0.39 is 10.0 Å². The van der Waals surface area contributed by atoms with Crippen LogP contribution in [0.3, 0.4) is 0 Å². The van der Waals surface area contributed by atoms with Crippen LogP contribution in [-0.2, 0) is 22.3 Å². The van der Waals surface area contributed by atoms with Gasteiger partial charge in [-0.25, -0.2) is 13.1 Å². The van der Waals surface area contributed by atoms with E-state index in [9.17, 15) is 13.2 Å². The predicted octanol–water partition coefficient (Wildman–Crippen LogP) is 3.11. The minimum absolute atomic E-state index is 0.0774. The van der Waals surface area contributed by atoms with Gasteiger partial charge in [0.25, 0.3) is 5.56 Å². The van der Waals surface area contributed by atoms with Gasteiger partial charge in [-0.1, -0.05) is 41.9 Å². The Kier molecular flexibility index (Phi) is 4.94. The van der Waals surface area contributed by atoms with Crippen LogP contribution < -0.4 is 10.3 Å². The molecule has 0 aliphatic carbocycles. The highest BCUT2D eigenvalue weighted by atomic mass is 35.5. The molecule has 1 heterocycles. The molecule has 0 aliphatic rings. The summed E-state index contributed by atoms with van der Waals surface area (Å²) in [6.07, 6.45) is 0. The molecular formula is C18H17ClN2O3S. The first kappa shape index (κ1) is 17.7. The lowest BCUT2D eigenvalue weighted by Crippen LogP contribution is -2.28. The third kappa shape index (κ3) is 4.28. The van der Waals surface area contributed by atoms with Crippen LogP contribution in [0, 0.1) is 6.92 Å². The molecule has 0 fully saturated rings. The largest absolute Gasteiger partial charge is 0.322 e. The minimum atomic E-state index is -3.62. The number of nitrogens with one attached hydrogen (secondary N) is 2. The highest BCUT2D eigenvalue weighted by Gasteiger charge is 2.14. The number of benzene rings is 2. The van der Waals surface area contributed by atoms with E-state index in [4.69, 9.17) is 11.6 Å². The van der Waals surface area contributed by atoms with Crippen molar-refractivity contribution in [3.63, 3.8) is 0 Å². The standard InChI is InChI=1S/C18H17ClN2O3S/c1-12-6-7-13-9-15(18(22)21-17(13)8-12)10-20-25(23,24)11-14-4-2-3-5-16(14)19/h2-9,20H,10-11H2,1H3,(H,21,22). The van der Waals surface area contributed by atoms with E-state index >= 15 is 0 Å². The molecule has 0 amide bonds. The molecule has 0 bridgehead atoms. The number of pyridine rings is 1. The first-order chi connectivity index (χ1) is 11.8. The third-order valence-electron chi connectivity index (χ3n) is 3.86. The van der Waals surface area contributed by atoms with Crippen LogP contribution in [0.15, 0.2) is 53.3 Å². The molecule has 3 rings (SSSR count). The van der Waals surface area contributed by atoms with E-state index in [-0.39, 0.29) is 17.9 Å². The van der Waals surface area contributed by atoms with Gasteiger partial charge in [-0.05, 0) is 41.6 Å². The molecule has 1 aromatic heterocycles. The van der Waals surface area contributed by atoms with Crippen molar-refractivity contribution in [3.05, 3.63) is 80.6 Å². The van der Waals surface area contributed by atoms with Crippen molar-refractivity contribution in [2.24, 2.45) is 0 Å². The maximum absolute atomic E-state index is 12.3. The summed E-state index contributed by atoms with van der Waals surface area (Å²) in [5.74, 6) is -0.239. The second kappa shape index (κ2) is 7.00. The Morgan fingerprint density at radius 3 is 2.60 bits per heavy atom. The summed E-state index contributed by atoms with van der Waals surface area (Å²) in [6.45, 7) is 1.86. The van der Waals surface area contributed by atoms with Crippen LogP contribution >= 0.6 is 11.6 Å². The zero-order valence-corrected chi connectivity index (χ0v) is 15.1. The molecule has 0 spiro atoms. The maximum atomic E-state index is 12.3. The maximum Gasteiger partial charge on any atom is 0.252 e. The Morgan fingerprint density at radius 1 is 1.08 bits per heavy atom. The zero-order valence-electron chi connectivity index (χ0n) is 13.5. The Hall–Kier alpha value is -2.15. The van der Waals surface area contributed by atoms with Gasteiger partial charge < -0.3 is 4.98 Å². The fourth-order valence-corrected chi connectivity index (χ4v) is 3.97. The lowest BCUT2D eigenvalue weighted by Gasteiger charge is -2.09. The van der Waals surface area contributed by atoms with Crippen molar-refractivity contribution in [2.45, 2.75) is 19.2 Å². The summed E-state index contributed by atoms with van der Waals surface area (Å²) in [7, 11) is -3.62.